The molecule has 1 fully saturated rings. The Morgan fingerprint density at radius 3 is 2.75 bits per heavy atom. The Balaban J connectivity index is 2.34. The van der Waals surface area contributed by atoms with Gasteiger partial charge in [-0.15, -0.1) is 0 Å². The SMILES string of the molecule is CC(C)[C@@H]1CC[C@@H](C)C[C@]12OC(=O)C=[N+]2[O-]. The maximum Gasteiger partial charge on any atom is 0.401 e. The Kier molecular flexibility index (Phi) is 2.68. The minimum atomic E-state index is -0.914. The molecule has 1 heterocycles. The molecule has 4 heteroatoms. The van der Waals surface area contributed by atoms with Crippen molar-refractivity contribution in [2.45, 2.75) is 45.8 Å². The van der Waals surface area contributed by atoms with Crippen molar-refractivity contribution in [1.82, 2.24) is 0 Å². The highest BCUT2D eigenvalue weighted by atomic mass is 16.6. The van der Waals surface area contributed by atoms with Crippen LogP contribution in [0.4, 0.5) is 0 Å². The molecule has 0 amide bonds. The van der Waals surface area contributed by atoms with Crippen molar-refractivity contribution in [3.05, 3.63) is 5.21 Å². The van der Waals surface area contributed by atoms with Gasteiger partial charge in [-0.1, -0.05) is 20.8 Å². The predicted molar refractivity (Wildman–Crippen MR) is 59.9 cm³/mol. The van der Waals surface area contributed by atoms with Crippen LogP contribution in [0.3, 0.4) is 0 Å². The fourth-order valence-corrected chi connectivity index (χ4v) is 3.12. The summed E-state index contributed by atoms with van der Waals surface area (Å²) in [5, 5.41) is 11.9. The lowest BCUT2D eigenvalue weighted by molar-refractivity contribution is -0.608. The summed E-state index contributed by atoms with van der Waals surface area (Å²) in [6.07, 6.45) is 3.77. The van der Waals surface area contributed by atoms with Gasteiger partial charge in [0.1, 0.15) is 0 Å². The predicted octanol–water partition coefficient (Wildman–Crippen LogP) is 1.91. The van der Waals surface area contributed by atoms with Crippen LogP contribution < -0.4 is 0 Å². The minimum Gasteiger partial charge on any atom is -0.621 e. The van der Waals surface area contributed by atoms with Crippen LogP contribution >= 0.6 is 0 Å². The van der Waals surface area contributed by atoms with Crippen molar-refractivity contribution in [1.29, 1.82) is 0 Å². The van der Waals surface area contributed by atoms with Crippen molar-refractivity contribution in [2.75, 3.05) is 0 Å². The summed E-state index contributed by atoms with van der Waals surface area (Å²) in [6.45, 7) is 6.28. The summed E-state index contributed by atoms with van der Waals surface area (Å²) < 4.78 is 6.12. The van der Waals surface area contributed by atoms with Gasteiger partial charge in [0.25, 0.3) is 6.21 Å². The zero-order valence-corrected chi connectivity index (χ0v) is 10.1. The van der Waals surface area contributed by atoms with Gasteiger partial charge in [0, 0.05) is 0 Å². The van der Waals surface area contributed by atoms with Gasteiger partial charge in [-0.05, 0) is 24.7 Å². The normalized spacial score (nSPS) is 39.0. The first kappa shape index (κ1) is 11.4. The first-order valence-corrected chi connectivity index (χ1v) is 6.00. The molecule has 16 heavy (non-hydrogen) atoms. The maximum absolute atomic E-state index is 11.9. The second-order valence-corrected chi connectivity index (χ2v) is 5.46. The summed E-state index contributed by atoms with van der Waals surface area (Å²) in [7, 11) is 0. The average molecular weight is 225 g/mol. The van der Waals surface area contributed by atoms with E-state index in [2.05, 4.69) is 20.8 Å². The van der Waals surface area contributed by atoms with E-state index in [9.17, 15) is 10.0 Å². The monoisotopic (exact) mass is 225 g/mol. The number of hydrogen-bond acceptors (Lipinski definition) is 3. The zero-order chi connectivity index (χ0) is 11.9. The standard InChI is InChI=1S/C12H19NO3/c1-8(2)10-5-4-9(3)6-12(10)13(15)7-11(14)16-12/h7-10H,4-6H2,1-3H3/t9-,10+,12+/m1/s1. The molecule has 0 radical (unpaired) electrons. The highest BCUT2D eigenvalue weighted by molar-refractivity contribution is 6.22. The first-order chi connectivity index (χ1) is 7.45. The summed E-state index contributed by atoms with van der Waals surface area (Å²) >= 11 is 0. The highest BCUT2D eigenvalue weighted by Gasteiger charge is 2.57. The number of hydrogen-bond donors (Lipinski definition) is 0. The van der Waals surface area contributed by atoms with E-state index in [0.29, 0.717) is 18.3 Å². The molecule has 2 rings (SSSR count). The molecule has 2 aliphatic rings. The van der Waals surface area contributed by atoms with Gasteiger partial charge < -0.3 is 9.94 Å². The van der Waals surface area contributed by atoms with Crippen LogP contribution in [0.1, 0.15) is 40.0 Å². The van der Waals surface area contributed by atoms with E-state index in [-0.39, 0.29) is 5.92 Å². The molecule has 0 aromatic carbocycles. The van der Waals surface area contributed by atoms with Gasteiger partial charge in [-0.25, -0.2) is 4.79 Å². The molecule has 0 aromatic heterocycles. The fraction of sp³-hybridized carbons (Fsp3) is 0.833. The van der Waals surface area contributed by atoms with Gasteiger partial charge in [0.05, 0.1) is 12.3 Å². The Hall–Kier alpha value is -1.06. The third-order valence-electron chi connectivity index (χ3n) is 3.87. The lowest BCUT2D eigenvalue weighted by atomic mass is 9.71. The van der Waals surface area contributed by atoms with E-state index in [0.717, 1.165) is 23.8 Å². The fourth-order valence-electron chi connectivity index (χ4n) is 3.12. The van der Waals surface area contributed by atoms with Crippen molar-refractivity contribution in [3.63, 3.8) is 0 Å². The zero-order valence-electron chi connectivity index (χ0n) is 10.1. The summed E-state index contributed by atoms with van der Waals surface area (Å²) in [6, 6.07) is 0. The van der Waals surface area contributed by atoms with Gasteiger partial charge in [-0.3, -0.25) is 0 Å². The summed E-state index contributed by atoms with van der Waals surface area (Å²) in [5.74, 6) is 0.438. The number of carbonyl (C=O) groups excluding carboxylic acids is 1. The van der Waals surface area contributed by atoms with Gasteiger partial charge in [0.2, 0.25) is 0 Å². The van der Waals surface area contributed by atoms with Gasteiger partial charge >= 0.3 is 11.7 Å². The van der Waals surface area contributed by atoms with Crippen molar-refractivity contribution >= 4 is 12.2 Å². The van der Waals surface area contributed by atoms with Crippen LogP contribution in [-0.2, 0) is 9.53 Å². The van der Waals surface area contributed by atoms with Crippen LogP contribution in [0.25, 0.3) is 0 Å². The summed E-state index contributed by atoms with van der Waals surface area (Å²) in [4.78, 5) is 11.3. The number of hydroxylamine groups is 1. The van der Waals surface area contributed by atoms with E-state index in [1.807, 2.05) is 0 Å². The quantitative estimate of drug-likeness (QED) is 0.389. The average Bonchev–Trinajstić information content (AvgIpc) is 2.41. The molecule has 1 saturated carbocycles. The molecular formula is C12H19NO3. The number of nitrogens with zero attached hydrogens (tertiary/aromatic N) is 1. The molecule has 0 aromatic rings. The molecule has 0 saturated heterocycles. The van der Waals surface area contributed by atoms with Crippen LogP contribution in [0.2, 0.25) is 0 Å². The maximum atomic E-state index is 11.9. The molecule has 90 valence electrons. The smallest absolute Gasteiger partial charge is 0.401 e. The van der Waals surface area contributed by atoms with E-state index < -0.39 is 11.7 Å². The van der Waals surface area contributed by atoms with Crippen molar-refractivity contribution in [3.8, 4) is 0 Å². The lowest BCUT2D eigenvalue weighted by Crippen LogP contribution is -2.51. The molecule has 0 unspecified atom stereocenters. The lowest BCUT2D eigenvalue weighted by Gasteiger charge is -2.41. The first-order valence-electron chi connectivity index (χ1n) is 6.00. The Labute approximate surface area is 95.9 Å². The number of ether oxygens (including phenoxy) is 1. The molecular weight excluding hydrogens is 206 g/mol. The molecule has 3 atom stereocenters. The van der Waals surface area contributed by atoms with E-state index in [1.54, 1.807) is 0 Å². The van der Waals surface area contributed by atoms with Crippen molar-refractivity contribution < 1.29 is 14.3 Å². The minimum absolute atomic E-state index is 0.142. The molecule has 4 nitrogen and oxygen atoms in total. The Morgan fingerprint density at radius 2 is 2.25 bits per heavy atom. The third kappa shape index (κ3) is 1.60. The van der Waals surface area contributed by atoms with Crippen LogP contribution in [0.5, 0.6) is 0 Å². The molecule has 1 aliphatic heterocycles. The van der Waals surface area contributed by atoms with E-state index >= 15 is 0 Å². The largest absolute Gasteiger partial charge is 0.621 e. The number of carbonyl (C=O) groups is 1. The van der Waals surface area contributed by atoms with Crippen LogP contribution in [0, 0.1) is 23.0 Å². The van der Waals surface area contributed by atoms with Gasteiger partial charge in [-0.2, -0.15) is 4.74 Å². The molecule has 0 N–H and O–H groups in total. The number of rotatable bonds is 1. The van der Waals surface area contributed by atoms with Crippen LogP contribution in [-0.4, -0.2) is 22.6 Å². The van der Waals surface area contributed by atoms with E-state index in [4.69, 9.17) is 4.74 Å². The topological polar surface area (TPSA) is 52.4 Å². The second kappa shape index (κ2) is 3.75. The summed E-state index contributed by atoms with van der Waals surface area (Å²) in [5.41, 5.74) is -0.914. The van der Waals surface area contributed by atoms with Crippen LogP contribution in [0.15, 0.2) is 0 Å². The number of esters is 1. The second-order valence-electron chi connectivity index (χ2n) is 5.46. The third-order valence-corrected chi connectivity index (χ3v) is 3.87. The Morgan fingerprint density at radius 1 is 1.56 bits per heavy atom. The molecule has 1 spiro atoms. The molecule has 1 aliphatic carbocycles. The molecule has 0 bridgehead atoms. The van der Waals surface area contributed by atoms with E-state index in [1.165, 1.54) is 0 Å². The van der Waals surface area contributed by atoms with Gasteiger partial charge in [0.15, 0.2) is 0 Å². The highest BCUT2D eigenvalue weighted by Crippen LogP contribution is 2.45. The van der Waals surface area contributed by atoms with Crippen molar-refractivity contribution in [2.24, 2.45) is 17.8 Å². The Bertz CT molecular complexity index is 337.